The molecule has 2 amide bonds. The largest absolute Gasteiger partial charge is 0.364 e. The number of carbonyl (C=O) groups excluding carboxylic acids is 2. The zero-order valence-corrected chi connectivity index (χ0v) is 19.8. The van der Waals surface area contributed by atoms with Gasteiger partial charge in [-0.05, 0) is 48.7 Å². The van der Waals surface area contributed by atoms with Gasteiger partial charge in [0.2, 0.25) is 5.91 Å². The molecule has 2 N–H and O–H groups in total. The lowest BCUT2D eigenvalue weighted by Crippen LogP contribution is -2.25. The first-order chi connectivity index (χ1) is 14.9. The molecule has 0 bridgehead atoms. The summed E-state index contributed by atoms with van der Waals surface area (Å²) in [6.45, 7) is 12.4. The van der Waals surface area contributed by atoms with Crippen LogP contribution < -0.4 is 5.73 Å². The van der Waals surface area contributed by atoms with E-state index in [1.165, 1.54) is 0 Å². The van der Waals surface area contributed by atoms with Crippen molar-refractivity contribution in [1.82, 2.24) is 19.7 Å². The van der Waals surface area contributed by atoms with Crippen molar-refractivity contribution in [3.8, 4) is 5.82 Å². The number of nitrogens with two attached hydrogens (primary N) is 1. The minimum atomic E-state index is -0.598. The van der Waals surface area contributed by atoms with Crippen LogP contribution in [0.15, 0.2) is 36.5 Å². The highest BCUT2D eigenvalue weighted by Gasteiger charge is 2.18. The summed E-state index contributed by atoms with van der Waals surface area (Å²) >= 11 is 0. The molecule has 7 heteroatoms. The number of aromatic nitrogens is 3. The van der Waals surface area contributed by atoms with E-state index in [0.717, 1.165) is 23.1 Å². The molecule has 0 radical (unpaired) electrons. The molecule has 0 atom stereocenters. The van der Waals surface area contributed by atoms with E-state index in [1.54, 1.807) is 22.8 Å². The molecule has 7 nitrogen and oxygen atoms in total. The number of hydrogen-bond donors (Lipinski definition) is 1. The monoisotopic (exact) mass is 425 g/mol. The molecule has 0 saturated heterocycles. The zero-order valence-electron chi connectivity index (χ0n) is 19.8. The predicted octanol–water partition coefficient (Wildman–Crippen LogP) is 4.64. The van der Waals surface area contributed by atoms with Crippen LogP contribution in [-0.4, -0.2) is 38.5 Å². The van der Waals surface area contributed by atoms with Crippen LogP contribution in [0.3, 0.4) is 0 Å². The number of hydrogen-bond acceptors (Lipinski definition) is 4. The maximum Gasteiger partial charge on any atom is 0.269 e. The highest BCUT2D eigenvalue weighted by Crippen LogP contribution is 2.24. The van der Waals surface area contributed by atoms with Gasteiger partial charge in [-0.3, -0.25) is 9.59 Å². The molecule has 0 fully saturated rings. The molecule has 0 aliphatic rings. The van der Waals surface area contributed by atoms with Gasteiger partial charge >= 0.3 is 0 Å². The number of nitrogens with zero attached hydrogens (tertiary/aromatic N) is 4. The summed E-state index contributed by atoms with van der Waals surface area (Å²) in [6.07, 6.45) is 3.03. The second-order valence-electron chi connectivity index (χ2n) is 6.67. The molecule has 0 unspecified atom stereocenters. The van der Waals surface area contributed by atoms with Crippen LogP contribution in [0, 0.1) is 6.92 Å². The first kappa shape index (κ1) is 25.8. The molecule has 31 heavy (non-hydrogen) atoms. The van der Waals surface area contributed by atoms with Gasteiger partial charge in [-0.25, -0.2) is 9.67 Å². The van der Waals surface area contributed by atoms with Gasteiger partial charge in [0.15, 0.2) is 11.5 Å². The van der Waals surface area contributed by atoms with Crippen molar-refractivity contribution >= 4 is 22.7 Å². The average molecular weight is 426 g/mol. The molecule has 3 aromatic rings. The van der Waals surface area contributed by atoms with Crippen molar-refractivity contribution in [3.05, 3.63) is 53.3 Å². The highest BCUT2D eigenvalue weighted by atomic mass is 16.2. The topological polar surface area (TPSA) is 94.1 Å². The Kier molecular flexibility index (Phi) is 10.4. The van der Waals surface area contributed by atoms with Gasteiger partial charge in [0.1, 0.15) is 0 Å². The number of benzene rings is 1. The Morgan fingerprint density at radius 1 is 1.10 bits per heavy atom. The van der Waals surface area contributed by atoms with Crippen molar-refractivity contribution in [2.45, 2.75) is 60.9 Å². The minimum Gasteiger partial charge on any atom is -0.364 e. The van der Waals surface area contributed by atoms with Crippen LogP contribution in [0.1, 0.15) is 69.1 Å². The maximum atomic E-state index is 12.0. The second kappa shape index (κ2) is 12.5. The maximum absolute atomic E-state index is 12.0. The number of rotatable bonds is 6. The fourth-order valence-electron chi connectivity index (χ4n) is 3.02. The van der Waals surface area contributed by atoms with Crippen LogP contribution in [-0.2, 0) is 11.3 Å². The molecule has 2 aromatic heterocycles. The lowest BCUT2D eigenvalue weighted by Gasteiger charge is -2.17. The van der Waals surface area contributed by atoms with Crippen molar-refractivity contribution in [2.24, 2.45) is 5.73 Å². The summed E-state index contributed by atoms with van der Waals surface area (Å²) in [5.41, 5.74) is 8.43. The van der Waals surface area contributed by atoms with E-state index in [1.807, 2.05) is 71.9 Å². The van der Waals surface area contributed by atoms with Gasteiger partial charge in [0.25, 0.3) is 5.91 Å². The quantitative estimate of drug-likeness (QED) is 0.622. The Morgan fingerprint density at radius 2 is 1.77 bits per heavy atom. The van der Waals surface area contributed by atoms with Crippen LogP contribution in [0.4, 0.5) is 0 Å². The van der Waals surface area contributed by atoms with Crippen LogP contribution in [0.25, 0.3) is 16.7 Å². The standard InChI is InChI=1S/C20H23N5O2.2C2H6/c1-4-5-18(26)24(3)12-14-6-7-16-15(11-14)19(20(21)27)23-25(16)17-10-13(2)8-9-22-17;2*1-2/h6-11H,4-5,12H2,1-3H3,(H2,21,27);2*1-2H3. The Labute approximate surface area is 185 Å². The third kappa shape index (κ3) is 6.38. The molecule has 0 saturated carbocycles. The second-order valence-corrected chi connectivity index (χ2v) is 6.67. The van der Waals surface area contributed by atoms with Gasteiger partial charge in [-0.15, -0.1) is 0 Å². The summed E-state index contributed by atoms with van der Waals surface area (Å²) in [4.78, 5) is 30.0. The Morgan fingerprint density at radius 3 is 2.35 bits per heavy atom. The van der Waals surface area contributed by atoms with Crippen molar-refractivity contribution < 1.29 is 9.59 Å². The van der Waals surface area contributed by atoms with Gasteiger partial charge < -0.3 is 10.6 Å². The number of pyridine rings is 1. The molecule has 3 rings (SSSR count). The van der Waals surface area contributed by atoms with E-state index in [4.69, 9.17) is 5.73 Å². The number of carbonyl (C=O) groups is 2. The lowest BCUT2D eigenvalue weighted by molar-refractivity contribution is -0.130. The molecule has 0 aliphatic carbocycles. The molecule has 0 spiro atoms. The molecule has 0 aliphatic heterocycles. The highest BCUT2D eigenvalue weighted by molar-refractivity contribution is 6.04. The van der Waals surface area contributed by atoms with Crippen LogP contribution in [0.5, 0.6) is 0 Å². The number of amides is 2. The summed E-state index contributed by atoms with van der Waals surface area (Å²) < 4.78 is 1.62. The fourth-order valence-corrected chi connectivity index (χ4v) is 3.02. The first-order valence-corrected chi connectivity index (χ1v) is 10.9. The Bertz CT molecular complexity index is 1010. The number of aryl methyl sites for hydroxylation is 1. The smallest absolute Gasteiger partial charge is 0.269 e. The van der Waals surface area contributed by atoms with Gasteiger partial charge in [-0.2, -0.15) is 5.10 Å². The summed E-state index contributed by atoms with van der Waals surface area (Å²) in [6, 6.07) is 9.46. The average Bonchev–Trinajstić information content (AvgIpc) is 3.16. The third-order valence-electron chi connectivity index (χ3n) is 4.41. The van der Waals surface area contributed by atoms with E-state index in [-0.39, 0.29) is 11.6 Å². The predicted molar refractivity (Wildman–Crippen MR) is 126 cm³/mol. The third-order valence-corrected chi connectivity index (χ3v) is 4.41. The van der Waals surface area contributed by atoms with Gasteiger partial charge in [0.05, 0.1) is 5.52 Å². The van der Waals surface area contributed by atoms with Gasteiger partial charge in [0, 0.05) is 31.6 Å². The summed E-state index contributed by atoms with van der Waals surface area (Å²) in [5.74, 6) is 0.113. The zero-order chi connectivity index (χ0) is 23.6. The number of primary amides is 1. The van der Waals surface area contributed by atoms with Crippen molar-refractivity contribution in [3.63, 3.8) is 0 Å². The van der Waals surface area contributed by atoms with Gasteiger partial charge in [-0.1, -0.05) is 40.7 Å². The molecule has 168 valence electrons. The van der Waals surface area contributed by atoms with E-state index in [9.17, 15) is 9.59 Å². The summed E-state index contributed by atoms with van der Waals surface area (Å²) in [7, 11) is 1.78. The first-order valence-electron chi connectivity index (χ1n) is 10.9. The molecular weight excluding hydrogens is 390 g/mol. The van der Waals surface area contributed by atoms with Crippen molar-refractivity contribution in [2.75, 3.05) is 7.05 Å². The summed E-state index contributed by atoms with van der Waals surface area (Å²) in [5, 5.41) is 5.04. The normalized spacial score (nSPS) is 9.90. The van der Waals surface area contributed by atoms with E-state index in [2.05, 4.69) is 10.1 Å². The van der Waals surface area contributed by atoms with E-state index in [0.29, 0.717) is 24.2 Å². The van der Waals surface area contributed by atoms with Crippen LogP contribution in [0.2, 0.25) is 0 Å². The Balaban J connectivity index is 0.00000113. The number of fused-ring (bicyclic) bond motifs is 1. The van der Waals surface area contributed by atoms with Crippen molar-refractivity contribution in [1.29, 1.82) is 0 Å². The molecular formula is C24H35N5O2. The molecule has 1 aromatic carbocycles. The molecule has 2 heterocycles. The lowest BCUT2D eigenvalue weighted by atomic mass is 10.1. The van der Waals surface area contributed by atoms with Crippen LogP contribution >= 0.6 is 0 Å². The SMILES string of the molecule is CC.CC.CCCC(=O)N(C)Cc1ccc2c(c1)c(C(N)=O)nn2-c1cc(C)ccn1. The van der Waals surface area contributed by atoms with E-state index < -0.39 is 5.91 Å². The fraction of sp³-hybridized carbons (Fsp3) is 0.417. The Hall–Kier alpha value is -3.22. The van der Waals surface area contributed by atoms with E-state index >= 15 is 0 Å². The minimum absolute atomic E-state index is 0.0902.